The van der Waals surface area contributed by atoms with Crippen molar-refractivity contribution in [1.29, 1.82) is 0 Å². The number of hydrogen-bond acceptors (Lipinski definition) is 7. The number of nitrogens with one attached hydrogen (secondary N) is 1. The number of alkyl carbamates (subject to hydrolysis) is 1. The molecule has 3 aromatic rings. The number of nitrogens with zero attached hydrogens (tertiary/aromatic N) is 1. The Morgan fingerprint density at radius 2 is 1.81 bits per heavy atom. The molecule has 31 heavy (non-hydrogen) atoms. The summed E-state index contributed by atoms with van der Waals surface area (Å²) in [6.45, 7) is 2.00. The zero-order valence-corrected chi connectivity index (χ0v) is 17.2. The van der Waals surface area contributed by atoms with E-state index in [1.54, 1.807) is 44.4 Å². The van der Waals surface area contributed by atoms with Gasteiger partial charge in [-0.25, -0.2) is 14.6 Å². The molecular formula is C23H22N2O6. The van der Waals surface area contributed by atoms with E-state index in [0.717, 1.165) is 11.1 Å². The van der Waals surface area contributed by atoms with Crippen molar-refractivity contribution in [2.24, 2.45) is 0 Å². The molecule has 1 N–H and O–H groups in total. The third kappa shape index (κ3) is 6.20. The third-order valence-electron chi connectivity index (χ3n) is 4.10. The van der Waals surface area contributed by atoms with Gasteiger partial charge in [0.05, 0.1) is 13.7 Å². The van der Waals surface area contributed by atoms with Crippen LogP contribution < -0.4 is 10.1 Å². The maximum Gasteiger partial charge on any atom is 0.412 e. The molecule has 1 amide bonds. The fourth-order valence-corrected chi connectivity index (χ4v) is 2.58. The largest absolute Gasteiger partial charge is 0.497 e. The van der Waals surface area contributed by atoms with Gasteiger partial charge in [-0.3, -0.25) is 5.32 Å². The molecule has 1 aromatic heterocycles. The van der Waals surface area contributed by atoms with Crippen LogP contribution in [0.4, 0.5) is 4.79 Å². The van der Waals surface area contributed by atoms with E-state index in [1.807, 2.05) is 30.3 Å². The molecule has 0 fully saturated rings. The number of esters is 1. The van der Waals surface area contributed by atoms with Crippen molar-refractivity contribution in [1.82, 2.24) is 10.3 Å². The van der Waals surface area contributed by atoms with Crippen LogP contribution in [-0.2, 0) is 16.1 Å². The van der Waals surface area contributed by atoms with Gasteiger partial charge >= 0.3 is 12.1 Å². The normalized spacial score (nSPS) is 11.0. The van der Waals surface area contributed by atoms with Crippen molar-refractivity contribution >= 4 is 23.8 Å². The van der Waals surface area contributed by atoms with E-state index in [1.165, 1.54) is 6.26 Å². The highest BCUT2D eigenvalue weighted by atomic mass is 16.5. The van der Waals surface area contributed by atoms with Gasteiger partial charge in [0.1, 0.15) is 24.3 Å². The van der Waals surface area contributed by atoms with Crippen molar-refractivity contribution < 1.29 is 28.2 Å². The molecule has 3 rings (SSSR count). The molecule has 0 spiro atoms. The smallest absolute Gasteiger partial charge is 0.412 e. The minimum atomic E-state index is -0.695. The van der Waals surface area contributed by atoms with Gasteiger partial charge in [-0.1, -0.05) is 42.5 Å². The zero-order chi connectivity index (χ0) is 22.1. The maximum absolute atomic E-state index is 12.4. The lowest BCUT2D eigenvalue weighted by atomic mass is 10.2. The molecule has 0 unspecified atom stereocenters. The molecule has 0 aliphatic carbocycles. The second-order valence-corrected chi connectivity index (χ2v) is 6.28. The number of carbonyl (C=O) groups excluding carboxylic acids is 2. The molecule has 0 saturated heterocycles. The molecule has 8 nitrogen and oxygen atoms in total. The number of benzene rings is 2. The van der Waals surface area contributed by atoms with Crippen LogP contribution in [0.15, 0.2) is 65.3 Å². The minimum absolute atomic E-state index is 0.00284. The first kappa shape index (κ1) is 21.6. The Hall–Kier alpha value is -4.07. The predicted octanol–water partition coefficient (Wildman–Crippen LogP) is 4.28. The summed E-state index contributed by atoms with van der Waals surface area (Å²) in [6, 6.07) is 16.4. The average molecular weight is 422 g/mol. The Labute approximate surface area is 179 Å². The Morgan fingerprint density at radius 1 is 1.06 bits per heavy atom. The van der Waals surface area contributed by atoms with Gasteiger partial charge in [-0.15, -0.1) is 0 Å². The van der Waals surface area contributed by atoms with E-state index in [2.05, 4.69) is 10.3 Å². The van der Waals surface area contributed by atoms with Crippen molar-refractivity contribution in [2.75, 3.05) is 13.7 Å². The summed E-state index contributed by atoms with van der Waals surface area (Å²) in [5, 5.41) is 2.63. The second kappa shape index (κ2) is 10.6. The van der Waals surface area contributed by atoms with Gasteiger partial charge < -0.3 is 18.6 Å². The minimum Gasteiger partial charge on any atom is -0.497 e. The van der Waals surface area contributed by atoms with E-state index in [4.69, 9.17) is 18.6 Å². The topological polar surface area (TPSA) is 99.9 Å². The lowest BCUT2D eigenvalue weighted by Gasteiger charge is -2.09. The van der Waals surface area contributed by atoms with Crippen LogP contribution in [-0.4, -0.2) is 30.8 Å². The van der Waals surface area contributed by atoms with Gasteiger partial charge in [0.25, 0.3) is 0 Å². The Kier molecular flexibility index (Phi) is 7.42. The monoisotopic (exact) mass is 422 g/mol. The highest BCUT2D eigenvalue weighted by Crippen LogP contribution is 2.19. The number of hydrogen-bond donors (Lipinski definition) is 1. The molecule has 0 aliphatic rings. The predicted molar refractivity (Wildman–Crippen MR) is 113 cm³/mol. The van der Waals surface area contributed by atoms with E-state index in [0.29, 0.717) is 5.75 Å². The van der Waals surface area contributed by atoms with Crippen LogP contribution in [0.25, 0.3) is 11.8 Å². The number of rotatable bonds is 8. The Morgan fingerprint density at radius 3 is 2.48 bits per heavy atom. The SMILES string of the molecule is CCOC(=O)c1coc(/C(=C/c2ccc(OC)cc2)NC(=O)OCc2ccccc2)n1. The fourth-order valence-electron chi connectivity index (χ4n) is 2.58. The van der Waals surface area contributed by atoms with E-state index >= 15 is 0 Å². The summed E-state index contributed by atoms with van der Waals surface area (Å²) in [7, 11) is 1.57. The van der Waals surface area contributed by atoms with Crippen LogP contribution in [0.3, 0.4) is 0 Å². The van der Waals surface area contributed by atoms with Crippen LogP contribution in [0, 0.1) is 0 Å². The third-order valence-corrected chi connectivity index (χ3v) is 4.10. The number of ether oxygens (including phenoxy) is 3. The second-order valence-electron chi connectivity index (χ2n) is 6.28. The van der Waals surface area contributed by atoms with Crippen molar-refractivity contribution in [3.8, 4) is 5.75 Å². The molecule has 0 aliphatic heterocycles. The van der Waals surface area contributed by atoms with Crippen LogP contribution in [0.2, 0.25) is 0 Å². The molecule has 0 radical (unpaired) electrons. The van der Waals surface area contributed by atoms with Crippen molar-refractivity contribution in [3.05, 3.63) is 83.6 Å². The van der Waals surface area contributed by atoms with Gasteiger partial charge in [0.2, 0.25) is 5.89 Å². The van der Waals surface area contributed by atoms with Crippen LogP contribution in [0.5, 0.6) is 5.75 Å². The van der Waals surface area contributed by atoms with Crippen LogP contribution in [0.1, 0.15) is 34.4 Å². The molecule has 0 bridgehead atoms. The molecule has 0 atom stereocenters. The zero-order valence-electron chi connectivity index (χ0n) is 17.2. The maximum atomic E-state index is 12.4. The standard InChI is InChI=1S/C23H22N2O6/c1-3-29-22(26)20-15-30-21(24-20)19(13-16-9-11-18(28-2)12-10-16)25-23(27)31-14-17-7-5-4-6-8-17/h4-13,15H,3,14H2,1-2H3,(H,25,27)/b19-13-. The van der Waals surface area contributed by atoms with Gasteiger partial charge in [-0.2, -0.15) is 0 Å². The Balaban J connectivity index is 1.80. The molecule has 8 heteroatoms. The average Bonchev–Trinajstić information content (AvgIpc) is 3.29. The summed E-state index contributed by atoms with van der Waals surface area (Å²) in [5.74, 6) is 0.109. The number of methoxy groups -OCH3 is 1. The van der Waals surface area contributed by atoms with E-state index in [-0.39, 0.29) is 30.5 Å². The molecule has 0 saturated carbocycles. The molecule has 160 valence electrons. The summed E-state index contributed by atoms with van der Waals surface area (Å²) in [4.78, 5) is 28.4. The summed E-state index contributed by atoms with van der Waals surface area (Å²) >= 11 is 0. The fraction of sp³-hybridized carbons (Fsp3) is 0.174. The lowest BCUT2D eigenvalue weighted by Crippen LogP contribution is -2.23. The van der Waals surface area contributed by atoms with Crippen molar-refractivity contribution in [3.63, 3.8) is 0 Å². The number of oxazole rings is 1. The Bertz CT molecular complexity index is 1040. The number of amides is 1. The van der Waals surface area contributed by atoms with Gasteiger partial charge in [0, 0.05) is 0 Å². The first-order chi connectivity index (χ1) is 15.1. The number of aromatic nitrogens is 1. The van der Waals surface area contributed by atoms with Crippen molar-refractivity contribution in [2.45, 2.75) is 13.5 Å². The summed E-state index contributed by atoms with van der Waals surface area (Å²) < 4.78 is 20.8. The number of carbonyl (C=O) groups is 2. The van der Waals surface area contributed by atoms with E-state index < -0.39 is 12.1 Å². The first-order valence-electron chi connectivity index (χ1n) is 9.55. The summed E-state index contributed by atoms with van der Waals surface area (Å²) in [5.41, 5.74) is 1.81. The first-order valence-corrected chi connectivity index (χ1v) is 9.55. The van der Waals surface area contributed by atoms with E-state index in [9.17, 15) is 9.59 Å². The highest BCUT2D eigenvalue weighted by Gasteiger charge is 2.18. The summed E-state index contributed by atoms with van der Waals surface area (Å²) in [6.07, 6.45) is 2.12. The van der Waals surface area contributed by atoms with Gasteiger partial charge in [0.15, 0.2) is 5.69 Å². The highest BCUT2D eigenvalue weighted by molar-refractivity contribution is 5.90. The van der Waals surface area contributed by atoms with Gasteiger partial charge in [-0.05, 0) is 36.3 Å². The molecule has 1 heterocycles. The molecule has 2 aromatic carbocycles. The quantitative estimate of drug-likeness (QED) is 0.541. The molecular weight excluding hydrogens is 400 g/mol. The van der Waals surface area contributed by atoms with Crippen LogP contribution >= 0.6 is 0 Å². The lowest BCUT2D eigenvalue weighted by molar-refractivity contribution is 0.0519.